The molecule has 1 aromatic carbocycles. The third-order valence-electron chi connectivity index (χ3n) is 8.46. The zero-order valence-corrected chi connectivity index (χ0v) is 28.3. The molecule has 7 heterocycles. The van der Waals surface area contributed by atoms with E-state index in [2.05, 4.69) is 11.7 Å². The van der Waals surface area contributed by atoms with Gasteiger partial charge in [-0.15, -0.1) is 11.3 Å². The lowest BCUT2D eigenvalue weighted by atomic mass is 9.97. The fraction of sp³-hybridized carbons (Fsp3) is 0.243. The van der Waals surface area contributed by atoms with Gasteiger partial charge in [-0.25, -0.2) is 13.8 Å². The molecule has 50 heavy (non-hydrogen) atoms. The molecule has 0 N–H and O–H groups in total. The minimum atomic E-state index is -0.796. The molecule has 0 aliphatic carbocycles. The summed E-state index contributed by atoms with van der Waals surface area (Å²) in [6, 6.07) is 5.69. The largest absolute Gasteiger partial charge is 0.497 e. The molecule has 5 aromatic rings. The molecule has 10 nitrogen and oxygen atoms in total. The lowest BCUT2D eigenvalue weighted by Crippen LogP contribution is -2.44. The second-order valence-corrected chi connectivity index (χ2v) is 12.8. The zero-order valence-electron chi connectivity index (χ0n) is 27.5. The fourth-order valence-corrected chi connectivity index (χ4v) is 7.08. The Morgan fingerprint density at radius 2 is 1.92 bits per heavy atom. The number of rotatable bonds is 2. The van der Waals surface area contributed by atoms with Crippen molar-refractivity contribution in [3.05, 3.63) is 101 Å². The summed E-state index contributed by atoms with van der Waals surface area (Å²) in [6.45, 7) is 7.25. The van der Waals surface area contributed by atoms with Crippen LogP contribution in [0.4, 0.5) is 8.78 Å². The first-order valence-electron chi connectivity index (χ1n) is 16.1. The monoisotopic (exact) mass is 696 g/mol. The first-order chi connectivity index (χ1) is 24.3. The number of carbonyl (C=O) groups is 1. The van der Waals surface area contributed by atoms with E-state index in [0.29, 0.717) is 54.6 Å². The number of hydrogen-bond acceptors (Lipinski definition) is 8. The minimum absolute atomic E-state index is 0.0217. The van der Waals surface area contributed by atoms with Gasteiger partial charge in [-0.3, -0.25) is 14.2 Å². The van der Waals surface area contributed by atoms with Crippen molar-refractivity contribution in [3.63, 3.8) is 0 Å². The van der Waals surface area contributed by atoms with E-state index in [4.69, 9.17) is 24.3 Å². The highest BCUT2D eigenvalue weighted by Gasteiger charge is 2.30. The van der Waals surface area contributed by atoms with Gasteiger partial charge in [-0.1, -0.05) is 12.7 Å². The summed E-state index contributed by atoms with van der Waals surface area (Å²) >= 11 is 1.41. The Balaban J connectivity index is 1.44. The van der Waals surface area contributed by atoms with Crippen LogP contribution in [0.2, 0.25) is 0 Å². The molecule has 256 valence electrons. The number of amides is 1. The van der Waals surface area contributed by atoms with Crippen LogP contribution in [0.1, 0.15) is 29.6 Å². The highest BCUT2D eigenvalue weighted by atomic mass is 32.1. The number of carbonyl (C=O) groups excluding carboxylic acids is 1. The molecule has 0 fully saturated rings. The summed E-state index contributed by atoms with van der Waals surface area (Å²) in [4.78, 5) is 19.5. The van der Waals surface area contributed by atoms with Gasteiger partial charge < -0.3 is 19.1 Å². The van der Waals surface area contributed by atoms with Crippen molar-refractivity contribution in [3.8, 4) is 28.3 Å². The average molecular weight is 697 g/mol. The third kappa shape index (κ3) is 6.61. The molecule has 8 rings (SSSR count). The van der Waals surface area contributed by atoms with Crippen LogP contribution in [0, 0.1) is 11.6 Å². The van der Waals surface area contributed by atoms with Gasteiger partial charge in [-0.05, 0) is 48.7 Å². The van der Waals surface area contributed by atoms with Crippen molar-refractivity contribution in [1.29, 1.82) is 0 Å². The van der Waals surface area contributed by atoms with E-state index in [-0.39, 0.29) is 36.5 Å². The molecule has 0 radical (unpaired) electrons. The quantitative estimate of drug-likeness (QED) is 0.147. The smallest absolute Gasteiger partial charge is 0.246 e. The first kappa shape index (κ1) is 33.1. The van der Waals surface area contributed by atoms with E-state index >= 15 is 4.39 Å². The van der Waals surface area contributed by atoms with Gasteiger partial charge in [0, 0.05) is 58.7 Å². The van der Waals surface area contributed by atoms with E-state index in [1.165, 1.54) is 23.5 Å². The predicted octanol–water partition coefficient (Wildman–Crippen LogP) is 6.88. The summed E-state index contributed by atoms with van der Waals surface area (Å²) in [6.07, 6.45) is 14.0. The molecule has 2 bridgehead atoms. The molecule has 0 spiro atoms. The van der Waals surface area contributed by atoms with Gasteiger partial charge in [0.15, 0.2) is 0 Å². The van der Waals surface area contributed by atoms with Gasteiger partial charge in [0.25, 0.3) is 0 Å². The Bertz CT molecular complexity index is 2180. The van der Waals surface area contributed by atoms with Crippen LogP contribution in [-0.4, -0.2) is 67.8 Å². The summed E-state index contributed by atoms with van der Waals surface area (Å²) < 4.78 is 52.5. The van der Waals surface area contributed by atoms with Crippen LogP contribution in [0.15, 0.2) is 66.9 Å². The van der Waals surface area contributed by atoms with E-state index in [9.17, 15) is 9.18 Å². The Labute approximate surface area is 291 Å². The molecular weight excluding hydrogens is 663 g/mol. The van der Waals surface area contributed by atoms with E-state index in [1.807, 2.05) is 66.7 Å². The van der Waals surface area contributed by atoms with Crippen LogP contribution in [0.25, 0.3) is 50.8 Å². The topological polar surface area (TPSA) is 96.5 Å². The highest BCUT2D eigenvalue weighted by molar-refractivity contribution is 7.17. The van der Waals surface area contributed by atoms with E-state index in [1.54, 1.807) is 21.9 Å². The molecule has 0 saturated carbocycles. The third-order valence-corrected chi connectivity index (χ3v) is 9.39. The second kappa shape index (κ2) is 14.2. The summed E-state index contributed by atoms with van der Waals surface area (Å²) in [7, 11) is 1.84. The molecule has 1 amide bonds. The SMILES string of the molecule is C=CC(=O)N1Cc2cc(-c3nc4c5ccsc5c3-c3c(F)cc(F)cc3OCCOC/C=C/CO/C=C/c3nn(C)cc3/C=C/4)nn2CC1C. The molecule has 3 aliphatic rings. The van der Waals surface area contributed by atoms with Gasteiger partial charge in [-0.2, -0.15) is 10.2 Å². The number of halogens is 2. The van der Waals surface area contributed by atoms with Crippen LogP contribution >= 0.6 is 11.3 Å². The number of ether oxygens (including phenoxy) is 3. The normalized spacial score (nSPS) is 18.6. The molecule has 1 unspecified atom stereocenters. The minimum Gasteiger partial charge on any atom is -0.497 e. The Morgan fingerprint density at radius 1 is 1.06 bits per heavy atom. The molecule has 13 heteroatoms. The zero-order chi connectivity index (χ0) is 34.8. The van der Waals surface area contributed by atoms with Gasteiger partial charge >= 0.3 is 0 Å². The van der Waals surface area contributed by atoms with Gasteiger partial charge in [0.05, 0.1) is 55.2 Å². The molecule has 0 saturated heterocycles. The van der Waals surface area contributed by atoms with Gasteiger partial charge in [0.2, 0.25) is 5.91 Å². The lowest BCUT2D eigenvalue weighted by molar-refractivity contribution is -0.129. The van der Waals surface area contributed by atoms with Gasteiger partial charge in [0.1, 0.15) is 42.0 Å². The Morgan fingerprint density at radius 3 is 2.78 bits per heavy atom. The second-order valence-electron chi connectivity index (χ2n) is 11.9. The number of aromatic nitrogens is 5. The summed E-state index contributed by atoms with van der Waals surface area (Å²) in [5, 5.41) is 12.2. The summed E-state index contributed by atoms with van der Waals surface area (Å²) in [5.74, 6) is -1.72. The van der Waals surface area contributed by atoms with Crippen LogP contribution in [-0.2, 0) is 34.4 Å². The fourth-order valence-electron chi connectivity index (χ4n) is 6.12. The maximum absolute atomic E-state index is 16.2. The van der Waals surface area contributed by atoms with Crippen LogP contribution < -0.4 is 4.74 Å². The van der Waals surface area contributed by atoms with Crippen molar-refractivity contribution >= 4 is 45.6 Å². The maximum Gasteiger partial charge on any atom is 0.246 e. The maximum atomic E-state index is 16.2. The number of fused-ring (bicyclic) bond motifs is 10. The number of nitrogens with zero attached hydrogens (tertiary/aromatic N) is 6. The van der Waals surface area contributed by atoms with Crippen LogP contribution in [0.5, 0.6) is 5.75 Å². The van der Waals surface area contributed by atoms with Crippen molar-refractivity contribution in [2.75, 3.05) is 26.4 Å². The molecule has 3 aliphatic heterocycles. The van der Waals surface area contributed by atoms with Crippen molar-refractivity contribution in [2.24, 2.45) is 7.05 Å². The van der Waals surface area contributed by atoms with Crippen molar-refractivity contribution in [1.82, 2.24) is 29.4 Å². The van der Waals surface area contributed by atoms with Crippen molar-refractivity contribution in [2.45, 2.75) is 26.1 Å². The number of aryl methyl sites for hydroxylation is 1. The molecule has 1 atom stereocenters. The summed E-state index contributed by atoms with van der Waals surface area (Å²) in [5.41, 5.74) is 4.30. The van der Waals surface area contributed by atoms with E-state index < -0.39 is 11.6 Å². The molecule has 4 aromatic heterocycles. The number of pyridine rings is 1. The number of benzene rings is 1. The molecular formula is C37H34F2N6O4S. The predicted molar refractivity (Wildman–Crippen MR) is 189 cm³/mol. The van der Waals surface area contributed by atoms with E-state index in [0.717, 1.165) is 27.4 Å². The Hall–Kier alpha value is -5.40. The first-order valence-corrected chi connectivity index (χ1v) is 16.9. The Kier molecular flexibility index (Phi) is 9.42. The lowest BCUT2D eigenvalue weighted by Gasteiger charge is -2.33. The highest BCUT2D eigenvalue weighted by Crippen LogP contribution is 2.46. The number of thiophene rings is 1. The average Bonchev–Trinajstić information content (AvgIpc) is 3.83. The standard InChI is InChI=1S/C37H34F2N6O4S/c1-4-33(46)44-22-26-19-31(42-45(26)20-23(44)2)36-35-34-28(39)17-25(38)18-32(34)49-15-14-48-12-6-5-11-47-13-9-29-24(21-43(3)41-29)7-8-30(40-36)27-10-16-50-37(27)35/h4-10,13,16-19,21,23H,1,11-12,14-15,20,22H2,2-3H3/b6-5+,8-7+,13-9+. The van der Waals surface area contributed by atoms with Crippen molar-refractivity contribution < 1.29 is 27.8 Å². The number of hydrogen-bond donors (Lipinski definition) is 0. The van der Waals surface area contributed by atoms with Crippen LogP contribution in [0.3, 0.4) is 0 Å².